The van der Waals surface area contributed by atoms with Gasteiger partial charge in [-0.05, 0) is 37.1 Å². The molecule has 0 spiro atoms. The highest BCUT2D eigenvalue weighted by Gasteiger charge is 2.07. The summed E-state index contributed by atoms with van der Waals surface area (Å²) >= 11 is 0. The van der Waals surface area contributed by atoms with Gasteiger partial charge in [0.05, 0.1) is 0 Å². The molecule has 0 atom stereocenters. The van der Waals surface area contributed by atoms with Gasteiger partial charge in [0.2, 0.25) is 0 Å². The van der Waals surface area contributed by atoms with E-state index in [0.717, 1.165) is 30.5 Å². The Bertz CT molecular complexity index is 484. The van der Waals surface area contributed by atoms with Crippen molar-refractivity contribution in [1.29, 1.82) is 0 Å². The molecular weight excluding hydrogens is 282 g/mol. The molecule has 22 heavy (non-hydrogen) atoms. The lowest BCUT2D eigenvalue weighted by Gasteiger charge is -2.12. The first kappa shape index (κ1) is 18.1. The van der Waals surface area contributed by atoms with Gasteiger partial charge in [0, 0.05) is 38.2 Å². The van der Waals surface area contributed by atoms with E-state index < -0.39 is 5.91 Å². The van der Waals surface area contributed by atoms with Crippen LogP contribution in [0.5, 0.6) is 0 Å². The fraction of sp³-hybridized carbons (Fsp3) is 0.500. The number of amides is 1. The number of nitrogens with zero attached hydrogens (tertiary/aromatic N) is 2. The van der Waals surface area contributed by atoms with Crippen molar-refractivity contribution >= 4 is 17.4 Å². The molecule has 6 nitrogen and oxygen atoms in total. The van der Waals surface area contributed by atoms with Crippen molar-refractivity contribution in [3.05, 3.63) is 29.8 Å². The van der Waals surface area contributed by atoms with E-state index in [9.17, 15) is 9.59 Å². The van der Waals surface area contributed by atoms with E-state index in [4.69, 9.17) is 11.0 Å². The largest absolute Gasteiger partial charge is 0.378 e. The molecule has 6 heteroatoms. The Kier molecular flexibility index (Phi) is 7.56. The number of hydrogen-bond acceptors (Lipinski definition) is 5. The Labute approximate surface area is 131 Å². The summed E-state index contributed by atoms with van der Waals surface area (Å²) in [6.45, 7) is 0. The number of anilines is 1. The molecule has 0 heterocycles. The maximum Gasteiger partial charge on any atom is 0.260 e. The molecule has 0 fully saturated rings. The topological polar surface area (TPSA) is 86.9 Å². The number of rotatable bonds is 9. The lowest BCUT2D eigenvalue weighted by Crippen LogP contribution is -2.33. The second kappa shape index (κ2) is 9.17. The predicted molar refractivity (Wildman–Crippen MR) is 85.6 cm³/mol. The summed E-state index contributed by atoms with van der Waals surface area (Å²) in [6, 6.07) is 7.58. The van der Waals surface area contributed by atoms with Crippen LogP contribution >= 0.6 is 0 Å². The maximum atomic E-state index is 12.0. The highest BCUT2D eigenvalue weighted by atomic mass is 16.5. The molecule has 0 aromatic heterocycles. The minimum Gasteiger partial charge on any atom is -0.378 e. The fourth-order valence-electron chi connectivity index (χ4n) is 2.12. The molecule has 0 aliphatic heterocycles. The van der Waals surface area contributed by atoms with Crippen molar-refractivity contribution in [3.63, 3.8) is 0 Å². The van der Waals surface area contributed by atoms with E-state index in [1.807, 2.05) is 43.3 Å². The molecule has 0 bridgehead atoms. The van der Waals surface area contributed by atoms with Gasteiger partial charge in [-0.1, -0.05) is 12.8 Å². The molecule has 1 aromatic carbocycles. The zero-order chi connectivity index (χ0) is 16.5. The molecule has 0 saturated heterocycles. The van der Waals surface area contributed by atoms with Gasteiger partial charge in [-0.2, -0.15) is 5.17 Å². The average Bonchev–Trinajstić information content (AvgIpc) is 2.50. The van der Waals surface area contributed by atoms with E-state index in [0.29, 0.717) is 12.8 Å². The Morgan fingerprint density at radius 2 is 1.55 bits per heavy atom. The monoisotopic (exact) mass is 307 g/mol. The first-order valence-electron chi connectivity index (χ1n) is 7.49. The number of carbonyl (C=O) groups excluding carboxylic acids is 2. The predicted octanol–water partition coefficient (Wildman–Crippen LogP) is 2.37. The van der Waals surface area contributed by atoms with Gasteiger partial charge in [-0.15, -0.1) is 0 Å². The van der Waals surface area contributed by atoms with E-state index >= 15 is 0 Å². The van der Waals surface area contributed by atoms with Crippen LogP contribution in [0.15, 0.2) is 24.3 Å². The van der Waals surface area contributed by atoms with Gasteiger partial charge in [-0.3, -0.25) is 14.8 Å². The van der Waals surface area contributed by atoms with Gasteiger partial charge in [0.1, 0.15) is 0 Å². The van der Waals surface area contributed by atoms with Crippen LogP contribution in [0, 0.1) is 0 Å². The SMILES string of the molecule is CN(C)c1ccc(C(=O)CCCCCCC(=O)N(N)O)cc1. The standard InChI is InChI=1S/C16H25N3O3/c1-18(2)14-11-9-13(10-12-14)15(20)7-5-3-4-6-8-16(21)19(17)22/h9-12,22H,3-8,17H2,1-2H3. The zero-order valence-corrected chi connectivity index (χ0v) is 13.3. The molecule has 1 amide bonds. The minimum absolute atomic E-state index is 0.126. The van der Waals surface area contributed by atoms with Crippen LogP contribution in [0.3, 0.4) is 0 Å². The van der Waals surface area contributed by atoms with Gasteiger partial charge >= 0.3 is 0 Å². The second-order valence-electron chi connectivity index (χ2n) is 5.52. The van der Waals surface area contributed by atoms with Crippen LogP contribution < -0.4 is 10.7 Å². The third kappa shape index (κ3) is 6.24. The number of unbranched alkanes of at least 4 members (excludes halogenated alkanes) is 3. The maximum absolute atomic E-state index is 12.0. The third-order valence-corrected chi connectivity index (χ3v) is 3.51. The summed E-state index contributed by atoms with van der Waals surface area (Å²) in [5.74, 6) is 4.56. The number of carbonyl (C=O) groups is 2. The van der Waals surface area contributed by atoms with Crippen molar-refractivity contribution in [1.82, 2.24) is 5.17 Å². The number of nitrogens with two attached hydrogens (primary N) is 1. The van der Waals surface area contributed by atoms with Crippen LogP contribution in [-0.4, -0.2) is 36.2 Å². The highest BCUT2D eigenvalue weighted by Crippen LogP contribution is 2.15. The summed E-state index contributed by atoms with van der Waals surface area (Å²) in [5, 5.41) is 8.82. The van der Waals surface area contributed by atoms with Crippen molar-refractivity contribution in [2.75, 3.05) is 19.0 Å². The number of hydrazine groups is 1. The fourth-order valence-corrected chi connectivity index (χ4v) is 2.12. The Balaban J connectivity index is 2.22. The minimum atomic E-state index is -0.489. The van der Waals surface area contributed by atoms with E-state index in [1.54, 1.807) is 0 Å². The molecule has 0 radical (unpaired) electrons. The number of Topliss-reactive ketones (excluding diaryl/α,β-unsaturated/α-hetero) is 1. The summed E-state index contributed by atoms with van der Waals surface area (Å²) in [5.41, 5.74) is 1.80. The number of hydroxylamine groups is 1. The van der Waals surface area contributed by atoms with Gasteiger partial charge < -0.3 is 4.90 Å². The first-order chi connectivity index (χ1) is 10.4. The third-order valence-electron chi connectivity index (χ3n) is 3.51. The van der Waals surface area contributed by atoms with Crippen LogP contribution in [0.4, 0.5) is 5.69 Å². The van der Waals surface area contributed by atoms with Gasteiger partial charge in [0.15, 0.2) is 5.78 Å². The average molecular weight is 307 g/mol. The van der Waals surface area contributed by atoms with Crippen LogP contribution in [0.25, 0.3) is 0 Å². The quantitative estimate of drug-likeness (QED) is 0.183. The van der Waals surface area contributed by atoms with E-state index in [1.165, 1.54) is 0 Å². The molecule has 1 aromatic rings. The number of ketones is 1. The Morgan fingerprint density at radius 1 is 1.00 bits per heavy atom. The van der Waals surface area contributed by atoms with Gasteiger partial charge in [-0.25, -0.2) is 5.84 Å². The van der Waals surface area contributed by atoms with Crippen LogP contribution in [-0.2, 0) is 4.79 Å². The molecule has 1 rings (SSSR count). The summed E-state index contributed by atoms with van der Waals surface area (Å²) in [7, 11) is 3.92. The first-order valence-corrected chi connectivity index (χ1v) is 7.49. The summed E-state index contributed by atoms with van der Waals surface area (Å²) < 4.78 is 0. The zero-order valence-electron chi connectivity index (χ0n) is 13.3. The molecular formula is C16H25N3O3. The van der Waals surface area contributed by atoms with E-state index in [2.05, 4.69) is 0 Å². The number of benzene rings is 1. The lowest BCUT2D eigenvalue weighted by atomic mass is 10.0. The summed E-state index contributed by atoms with van der Waals surface area (Å²) in [4.78, 5) is 25.1. The van der Waals surface area contributed by atoms with Gasteiger partial charge in [0.25, 0.3) is 5.91 Å². The molecule has 0 unspecified atom stereocenters. The van der Waals surface area contributed by atoms with Crippen molar-refractivity contribution < 1.29 is 14.8 Å². The molecule has 122 valence electrons. The van der Waals surface area contributed by atoms with Crippen molar-refractivity contribution in [3.8, 4) is 0 Å². The van der Waals surface area contributed by atoms with Crippen LogP contribution in [0.2, 0.25) is 0 Å². The van der Waals surface area contributed by atoms with Crippen LogP contribution in [0.1, 0.15) is 48.9 Å². The molecule has 0 aliphatic rings. The normalized spacial score (nSPS) is 10.4. The smallest absolute Gasteiger partial charge is 0.260 e. The van der Waals surface area contributed by atoms with Crippen molar-refractivity contribution in [2.24, 2.45) is 5.84 Å². The Morgan fingerprint density at radius 3 is 2.05 bits per heavy atom. The number of hydrogen-bond donors (Lipinski definition) is 2. The molecule has 3 N–H and O–H groups in total. The summed E-state index contributed by atoms with van der Waals surface area (Å²) in [6.07, 6.45) is 3.93. The lowest BCUT2D eigenvalue weighted by molar-refractivity contribution is -0.166. The molecule has 0 saturated carbocycles. The highest BCUT2D eigenvalue weighted by molar-refractivity contribution is 5.96. The second-order valence-corrected chi connectivity index (χ2v) is 5.52. The Hall–Kier alpha value is -1.92. The van der Waals surface area contributed by atoms with E-state index in [-0.39, 0.29) is 17.4 Å². The molecule has 0 aliphatic carbocycles. The van der Waals surface area contributed by atoms with Crippen molar-refractivity contribution in [2.45, 2.75) is 38.5 Å².